The maximum atomic E-state index is 13.4. The maximum Gasteiger partial charge on any atom is 0.267 e. The fourth-order valence-electron chi connectivity index (χ4n) is 6.80. The van der Waals surface area contributed by atoms with Gasteiger partial charge >= 0.3 is 0 Å². The van der Waals surface area contributed by atoms with Gasteiger partial charge in [0.1, 0.15) is 11.3 Å². The average Bonchev–Trinajstić information content (AvgIpc) is 2.71. The predicted octanol–water partition coefficient (Wildman–Crippen LogP) is 3.13. The number of fused-ring (bicyclic) bond motifs is 1. The van der Waals surface area contributed by atoms with Gasteiger partial charge in [-0.15, -0.1) is 0 Å². The lowest BCUT2D eigenvalue weighted by Crippen LogP contribution is -2.69. The Morgan fingerprint density at radius 2 is 1.84 bits per heavy atom. The second-order valence-electron chi connectivity index (χ2n) is 10.3. The number of nitrogens with one attached hydrogen (secondary N) is 1. The minimum absolute atomic E-state index is 0.157. The van der Waals surface area contributed by atoms with Crippen LogP contribution in [0.5, 0.6) is 5.75 Å². The third-order valence-corrected chi connectivity index (χ3v) is 7.83. The molecule has 3 atom stereocenters. The van der Waals surface area contributed by atoms with Crippen molar-refractivity contribution >= 4 is 16.8 Å². The fourth-order valence-corrected chi connectivity index (χ4v) is 6.80. The molecule has 2 aliphatic carbocycles. The van der Waals surface area contributed by atoms with Gasteiger partial charge in [-0.1, -0.05) is 19.1 Å². The molecule has 2 aromatic rings. The Hall–Kier alpha value is -2.38. The van der Waals surface area contributed by atoms with Crippen LogP contribution in [-0.4, -0.2) is 49.4 Å². The summed E-state index contributed by atoms with van der Waals surface area (Å²) in [6, 6.07) is 7.47. The monoisotopic (exact) mass is 439 g/mol. The molecule has 7 nitrogen and oxygen atoms in total. The van der Waals surface area contributed by atoms with Gasteiger partial charge in [0.2, 0.25) is 0 Å². The number of piperidine rings is 2. The number of rotatable bonds is 5. The van der Waals surface area contributed by atoms with Gasteiger partial charge in [-0.05, 0) is 70.4 Å². The van der Waals surface area contributed by atoms with Crippen molar-refractivity contribution < 1.29 is 15.0 Å². The highest BCUT2D eigenvalue weighted by molar-refractivity contribution is 6.02. The summed E-state index contributed by atoms with van der Waals surface area (Å²) < 4.78 is 1.57. The number of hydrogen-bond donors (Lipinski definition) is 3. The number of pyridine rings is 1. The highest BCUT2D eigenvalue weighted by atomic mass is 16.3. The summed E-state index contributed by atoms with van der Waals surface area (Å²) in [6.07, 6.45) is 4.94. The molecule has 4 aliphatic rings. The molecular weight excluding hydrogens is 406 g/mol. The number of carbonyl (C=O) groups is 1. The second-order valence-corrected chi connectivity index (χ2v) is 10.3. The number of amides is 1. The zero-order valence-corrected chi connectivity index (χ0v) is 19.0. The van der Waals surface area contributed by atoms with Crippen molar-refractivity contribution in [3.8, 4) is 5.75 Å². The van der Waals surface area contributed by atoms with Crippen LogP contribution in [-0.2, 0) is 0 Å². The van der Waals surface area contributed by atoms with Gasteiger partial charge in [0.05, 0.1) is 17.3 Å². The van der Waals surface area contributed by atoms with Crippen LogP contribution < -0.4 is 10.9 Å². The van der Waals surface area contributed by atoms with E-state index < -0.39 is 17.1 Å². The van der Waals surface area contributed by atoms with Crippen molar-refractivity contribution in [3.05, 3.63) is 40.2 Å². The molecule has 32 heavy (non-hydrogen) atoms. The first-order chi connectivity index (χ1) is 15.2. The first kappa shape index (κ1) is 21.5. The van der Waals surface area contributed by atoms with Gasteiger partial charge in [-0.25, -0.2) is 0 Å². The topological polar surface area (TPSA) is 94.8 Å². The van der Waals surface area contributed by atoms with Gasteiger partial charge in [-0.2, -0.15) is 0 Å². The van der Waals surface area contributed by atoms with E-state index >= 15 is 0 Å². The molecule has 1 aromatic carbocycles. The molecular formula is C25H33N3O4. The van der Waals surface area contributed by atoms with Gasteiger partial charge < -0.3 is 20.1 Å². The summed E-state index contributed by atoms with van der Waals surface area (Å²) in [7, 11) is 0. The number of carbonyl (C=O) groups excluding carboxylic acids is 1. The largest absolute Gasteiger partial charge is 0.506 e. The van der Waals surface area contributed by atoms with Crippen LogP contribution in [0.2, 0.25) is 0 Å². The summed E-state index contributed by atoms with van der Waals surface area (Å²) in [5.74, 6) is -0.235. The average molecular weight is 440 g/mol. The molecule has 2 aliphatic heterocycles. The summed E-state index contributed by atoms with van der Waals surface area (Å²) >= 11 is 0. The lowest BCUT2D eigenvalue weighted by molar-refractivity contribution is -0.170. The molecule has 7 heteroatoms. The summed E-state index contributed by atoms with van der Waals surface area (Å²) in [5.41, 5.74) is -0.610. The van der Waals surface area contributed by atoms with Crippen molar-refractivity contribution in [1.29, 1.82) is 0 Å². The van der Waals surface area contributed by atoms with Gasteiger partial charge in [-0.3, -0.25) is 14.5 Å². The number of hydrogen-bond acceptors (Lipinski definition) is 5. The molecule has 1 amide bonds. The molecule has 3 heterocycles. The van der Waals surface area contributed by atoms with Crippen molar-refractivity contribution in [3.63, 3.8) is 0 Å². The molecule has 6 rings (SSSR count). The number of benzene rings is 1. The normalized spacial score (nSPS) is 30.2. The zero-order chi connectivity index (χ0) is 22.8. The van der Waals surface area contributed by atoms with Crippen LogP contribution in [0, 0.1) is 5.92 Å². The molecule has 172 valence electrons. The van der Waals surface area contributed by atoms with Crippen molar-refractivity contribution in [2.45, 2.75) is 89.2 Å². The smallest absolute Gasteiger partial charge is 0.267 e. The standard InChI is InChI=1S/C25H33N3O4/c1-4-20(28-16-9-15-10-17(28)13-25(32,11-15)12-16)26-23(30)21-22(29)18-7-5-6-8-19(18)27(14(2)3)24(21)31/h5-8,14-17,20,29,32H,4,9-13H2,1-3H3,(H,26,30). The third kappa shape index (κ3) is 3.25. The van der Waals surface area contributed by atoms with E-state index in [4.69, 9.17) is 0 Å². The minimum atomic E-state index is -0.559. The van der Waals surface area contributed by atoms with Crippen molar-refractivity contribution in [2.24, 2.45) is 5.92 Å². The lowest BCUT2D eigenvalue weighted by atomic mass is 9.61. The number of aromatic hydroxyl groups is 1. The van der Waals surface area contributed by atoms with Crippen LogP contribution in [0.15, 0.2) is 29.1 Å². The number of nitrogens with zero attached hydrogens (tertiary/aromatic N) is 2. The highest BCUT2D eigenvalue weighted by Crippen LogP contribution is 2.52. The first-order valence-corrected chi connectivity index (χ1v) is 11.9. The SMILES string of the molecule is CCC(NC(=O)c1c(O)c2ccccc2n(C(C)C)c1=O)N1C2CC3CC1CC(O)(C3)C2. The number of aromatic nitrogens is 1. The van der Waals surface area contributed by atoms with E-state index in [0.717, 1.165) is 32.1 Å². The van der Waals surface area contributed by atoms with E-state index in [-0.39, 0.29) is 35.6 Å². The lowest BCUT2D eigenvalue weighted by Gasteiger charge is -2.61. The Morgan fingerprint density at radius 3 is 2.44 bits per heavy atom. The first-order valence-electron chi connectivity index (χ1n) is 11.9. The van der Waals surface area contributed by atoms with E-state index in [2.05, 4.69) is 10.2 Å². The summed E-state index contributed by atoms with van der Waals surface area (Å²) in [4.78, 5) is 29.1. The van der Waals surface area contributed by atoms with E-state index in [1.807, 2.05) is 26.8 Å². The Labute approximate surface area is 188 Å². The van der Waals surface area contributed by atoms with Crippen molar-refractivity contribution in [1.82, 2.24) is 14.8 Å². The maximum absolute atomic E-state index is 13.4. The van der Waals surface area contributed by atoms with Gasteiger partial charge in [0.15, 0.2) is 0 Å². The Balaban J connectivity index is 1.49. The number of aliphatic hydroxyl groups is 1. The minimum Gasteiger partial charge on any atom is -0.506 e. The number of para-hydroxylation sites is 1. The molecule has 0 radical (unpaired) electrons. The van der Waals surface area contributed by atoms with E-state index in [1.165, 1.54) is 0 Å². The molecule has 2 saturated carbocycles. The van der Waals surface area contributed by atoms with E-state index in [1.54, 1.807) is 22.8 Å². The summed E-state index contributed by atoms with van der Waals surface area (Å²) in [6.45, 7) is 5.82. The van der Waals surface area contributed by atoms with Crippen LogP contribution in [0.3, 0.4) is 0 Å². The molecule has 3 N–H and O–H groups in total. The molecule has 2 saturated heterocycles. The Bertz CT molecular complexity index is 1110. The summed E-state index contributed by atoms with van der Waals surface area (Å²) in [5, 5.41) is 25.4. The van der Waals surface area contributed by atoms with E-state index in [9.17, 15) is 19.8 Å². The molecule has 0 spiro atoms. The van der Waals surface area contributed by atoms with Crippen LogP contribution in [0.4, 0.5) is 0 Å². The van der Waals surface area contributed by atoms with Crippen molar-refractivity contribution in [2.75, 3.05) is 0 Å². The zero-order valence-electron chi connectivity index (χ0n) is 19.0. The van der Waals surface area contributed by atoms with Gasteiger partial charge in [0.25, 0.3) is 11.5 Å². The van der Waals surface area contributed by atoms with Crippen LogP contribution in [0.25, 0.3) is 10.9 Å². The molecule has 3 unspecified atom stereocenters. The van der Waals surface area contributed by atoms with E-state index in [0.29, 0.717) is 23.2 Å². The quantitative estimate of drug-likeness (QED) is 0.665. The molecule has 4 fully saturated rings. The van der Waals surface area contributed by atoms with Crippen LogP contribution in [0.1, 0.15) is 75.7 Å². The molecule has 4 bridgehead atoms. The second kappa shape index (κ2) is 7.59. The van der Waals surface area contributed by atoms with Gasteiger partial charge in [0, 0.05) is 23.5 Å². The highest BCUT2D eigenvalue weighted by Gasteiger charge is 2.55. The fraction of sp³-hybridized carbons (Fsp3) is 0.600. The predicted molar refractivity (Wildman–Crippen MR) is 123 cm³/mol. The third-order valence-electron chi connectivity index (χ3n) is 7.83. The molecule has 1 aromatic heterocycles. The Morgan fingerprint density at radius 1 is 1.19 bits per heavy atom. The van der Waals surface area contributed by atoms with Crippen LogP contribution >= 0.6 is 0 Å². The Kier molecular flexibility index (Phi) is 5.09.